The molecule has 0 bridgehead atoms. The molecule has 7 nitrogen and oxygen atoms in total. The van der Waals surface area contributed by atoms with Crippen molar-refractivity contribution in [3.8, 4) is 11.5 Å². The van der Waals surface area contributed by atoms with Gasteiger partial charge in [0, 0.05) is 28.9 Å². The molecule has 0 aromatic heterocycles. The molecule has 2 aromatic rings. The van der Waals surface area contributed by atoms with Crippen LogP contribution in [0.15, 0.2) is 53.7 Å². The summed E-state index contributed by atoms with van der Waals surface area (Å²) < 4.78 is 11.4. The van der Waals surface area contributed by atoms with E-state index in [0.717, 1.165) is 12.0 Å². The van der Waals surface area contributed by atoms with Gasteiger partial charge in [0.2, 0.25) is 0 Å². The predicted molar refractivity (Wildman–Crippen MR) is 119 cm³/mol. The molecular formula is C23H26ClN3O4. The molecule has 0 aliphatic carbocycles. The van der Waals surface area contributed by atoms with Crippen LogP contribution in [0.4, 0.5) is 4.79 Å². The second-order valence-electron chi connectivity index (χ2n) is 7.11. The lowest BCUT2D eigenvalue weighted by atomic mass is 9.93. The fourth-order valence-electron chi connectivity index (χ4n) is 3.42. The van der Waals surface area contributed by atoms with Gasteiger partial charge in [0.15, 0.2) is 11.5 Å². The van der Waals surface area contributed by atoms with Gasteiger partial charge in [-0.1, -0.05) is 48.9 Å². The van der Waals surface area contributed by atoms with Crippen molar-refractivity contribution in [3.05, 3.63) is 69.9 Å². The summed E-state index contributed by atoms with van der Waals surface area (Å²) in [7, 11) is 1.52. The van der Waals surface area contributed by atoms with E-state index in [1.807, 2.05) is 37.3 Å². The molecule has 164 valence electrons. The Morgan fingerprint density at radius 2 is 1.97 bits per heavy atom. The number of urea groups is 1. The highest BCUT2D eigenvalue weighted by atomic mass is 35.5. The van der Waals surface area contributed by atoms with Crippen molar-refractivity contribution in [2.75, 3.05) is 13.7 Å². The Morgan fingerprint density at radius 1 is 1.23 bits per heavy atom. The van der Waals surface area contributed by atoms with Crippen LogP contribution in [0.3, 0.4) is 0 Å². The van der Waals surface area contributed by atoms with Gasteiger partial charge in [0.1, 0.15) is 0 Å². The third-order valence-corrected chi connectivity index (χ3v) is 5.06. The largest absolute Gasteiger partial charge is 0.493 e. The van der Waals surface area contributed by atoms with Crippen molar-refractivity contribution in [2.24, 2.45) is 0 Å². The lowest BCUT2D eigenvalue weighted by Crippen LogP contribution is -2.47. The van der Waals surface area contributed by atoms with Crippen molar-refractivity contribution >= 4 is 23.5 Å². The summed E-state index contributed by atoms with van der Waals surface area (Å²) in [4.78, 5) is 25.4. The molecule has 1 atom stereocenters. The average molecular weight is 444 g/mol. The first-order chi connectivity index (χ1) is 14.9. The Morgan fingerprint density at radius 3 is 2.65 bits per heavy atom. The van der Waals surface area contributed by atoms with Gasteiger partial charge >= 0.3 is 6.03 Å². The topological polar surface area (TPSA) is 88.7 Å². The van der Waals surface area contributed by atoms with Crippen LogP contribution in [0.2, 0.25) is 5.02 Å². The number of allylic oxidation sites excluding steroid dienone is 1. The summed E-state index contributed by atoms with van der Waals surface area (Å²) in [6, 6.07) is 11.7. The number of hydrogen-bond donors (Lipinski definition) is 3. The molecule has 0 spiro atoms. The summed E-state index contributed by atoms with van der Waals surface area (Å²) in [5.74, 6) is 0.576. The normalized spacial score (nSPS) is 15.7. The van der Waals surface area contributed by atoms with Crippen LogP contribution in [0.1, 0.15) is 37.4 Å². The van der Waals surface area contributed by atoms with Gasteiger partial charge in [-0.2, -0.15) is 0 Å². The van der Waals surface area contributed by atoms with E-state index < -0.39 is 12.1 Å². The maximum atomic E-state index is 13.2. The van der Waals surface area contributed by atoms with Crippen LogP contribution < -0.4 is 25.4 Å². The van der Waals surface area contributed by atoms with E-state index in [-0.39, 0.29) is 5.91 Å². The van der Waals surface area contributed by atoms with E-state index in [4.69, 9.17) is 21.1 Å². The highest BCUT2D eigenvalue weighted by Gasteiger charge is 2.34. The van der Waals surface area contributed by atoms with Gasteiger partial charge in [-0.05, 0) is 25.0 Å². The third-order valence-electron chi connectivity index (χ3n) is 4.84. The number of carbonyl (C=O) groups excluding carboxylic acids is 2. The molecule has 0 fully saturated rings. The van der Waals surface area contributed by atoms with Crippen molar-refractivity contribution in [2.45, 2.75) is 32.9 Å². The van der Waals surface area contributed by atoms with Gasteiger partial charge in [-0.15, -0.1) is 0 Å². The SMILES string of the molecule is CCCOc1c(OC)cc(Cl)cc1[C@@H]1NC(=O)NC(C)=C1C(=O)NCc1ccccc1. The van der Waals surface area contributed by atoms with E-state index in [1.165, 1.54) is 7.11 Å². The van der Waals surface area contributed by atoms with Crippen molar-refractivity contribution in [1.82, 2.24) is 16.0 Å². The van der Waals surface area contributed by atoms with Crippen molar-refractivity contribution in [1.29, 1.82) is 0 Å². The van der Waals surface area contributed by atoms with Crippen molar-refractivity contribution < 1.29 is 19.1 Å². The monoisotopic (exact) mass is 443 g/mol. The Balaban J connectivity index is 1.99. The number of amides is 3. The summed E-state index contributed by atoms with van der Waals surface area (Å²) in [5.41, 5.74) is 2.35. The molecule has 0 saturated carbocycles. The molecule has 0 radical (unpaired) electrons. The number of ether oxygens (including phenoxy) is 2. The molecule has 31 heavy (non-hydrogen) atoms. The van der Waals surface area contributed by atoms with E-state index in [0.29, 0.717) is 46.5 Å². The first-order valence-electron chi connectivity index (χ1n) is 10.0. The Bertz CT molecular complexity index is 992. The first kappa shape index (κ1) is 22.5. The molecule has 3 rings (SSSR count). The summed E-state index contributed by atoms with van der Waals surface area (Å²) in [6.45, 7) is 4.48. The lowest BCUT2D eigenvalue weighted by molar-refractivity contribution is -0.118. The maximum absolute atomic E-state index is 13.2. The van der Waals surface area contributed by atoms with Gasteiger partial charge in [-0.3, -0.25) is 4.79 Å². The van der Waals surface area contributed by atoms with Crippen LogP contribution in [0, 0.1) is 0 Å². The average Bonchev–Trinajstić information content (AvgIpc) is 2.76. The van der Waals surface area contributed by atoms with Crippen LogP contribution in [0.25, 0.3) is 0 Å². The lowest BCUT2D eigenvalue weighted by Gasteiger charge is -2.30. The number of nitrogens with one attached hydrogen (secondary N) is 3. The number of halogens is 1. The van der Waals surface area contributed by atoms with E-state index in [9.17, 15) is 9.59 Å². The molecule has 1 aliphatic rings. The van der Waals surface area contributed by atoms with Gasteiger partial charge < -0.3 is 25.4 Å². The zero-order valence-corrected chi connectivity index (χ0v) is 18.5. The molecule has 8 heteroatoms. The van der Waals surface area contributed by atoms with E-state index in [2.05, 4.69) is 16.0 Å². The smallest absolute Gasteiger partial charge is 0.319 e. The van der Waals surface area contributed by atoms with E-state index in [1.54, 1.807) is 19.1 Å². The molecule has 1 aliphatic heterocycles. The maximum Gasteiger partial charge on any atom is 0.319 e. The highest BCUT2D eigenvalue weighted by Crippen LogP contribution is 2.41. The quantitative estimate of drug-likeness (QED) is 0.573. The Hall–Kier alpha value is -3.19. The minimum atomic E-state index is -0.760. The first-order valence-corrected chi connectivity index (χ1v) is 10.4. The zero-order chi connectivity index (χ0) is 22.4. The summed E-state index contributed by atoms with van der Waals surface area (Å²) >= 11 is 6.31. The molecule has 3 N–H and O–H groups in total. The molecule has 2 aromatic carbocycles. The molecule has 3 amide bonds. The second kappa shape index (κ2) is 10.2. The van der Waals surface area contributed by atoms with Gasteiger partial charge in [0.25, 0.3) is 5.91 Å². The second-order valence-corrected chi connectivity index (χ2v) is 7.55. The minimum absolute atomic E-state index is 0.306. The number of benzene rings is 2. The van der Waals surface area contributed by atoms with Crippen molar-refractivity contribution in [3.63, 3.8) is 0 Å². The fourth-order valence-corrected chi connectivity index (χ4v) is 3.63. The summed E-state index contributed by atoms with van der Waals surface area (Å²) in [6.07, 6.45) is 0.781. The fraction of sp³-hybridized carbons (Fsp3) is 0.304. The highest BCUT2D eigenvalue weighted by molar-refractivity contribution is 6.30. The number of rotatable bonds is 8. The minimum Gasteiger partial charge on any atom is -0.493 e. The number of hydrogen-bond acceptors (Lipinski definition) is 4. The summed E-state index contributed by atoms with van der Waals surface area (Å²) in [5, 5.41) is 8.84. The van der Waals surface area contributed by atoms with Crippen LogP contribution in [-0.4, -0.2) is 25.7 Å². The van der Waals surface area contributed by atoms with E-state index >= 15 is 0 Å². The number of carbonyl (C=O) groups is 2. The van der Waals surface area contributed by atoms with Gasteiger partial charge in [0.05, 0.1) is 25.3 Å². The predicted octanol–water partition coefficient (Wildman–Crippen LogP) is 4.08. The Labute approximate surface area is 186 Å². The molecule has 0 unspecified atom stereocenters. The van der Waals surface area contributed by atoms with Crippen LogP contribution in [0.5, 0.6) is 11.5 Å². The standard InChI is InChI=1S/C23H26ClN3O4/c1-4-10-31-21-17(11-16(24)12-18(21)30-3)20-19(14(2)26-23(29)27-20)22(28)25-13-15-8-6-5-7-9-15/h5-9,11-12,20H,4,10,13H2,1-3H3,(H,25,28)(H2,26,27,29)/t20-/m0/s1. The molecule has 0 saturated heterocycles. The van der Waals surface area contributed by atoms with Crippen LogP contribution >= 0.6 is 11.6 Å². The number of methoxy groups -OCH3 is 1. The third kappa shape index (κ3) is 5.30. The Kier molecular flexibility index (Phi) is 7.41. The zero-order valence-electron chi connectivity index (χ0n) is 17.8. The molecular weight excluding hydrogens is 418 g/mol. The van der Waals surface area contributed by atoms with Gasteiger partial charge in [-0.25, -0.2) is 4.79 Å². The molecule has 1 heterocycles. The van der Waals surface area contributed by atoms with Crippen LogP contribution in [-0.2, 0) is 11.3 Å².